The normalized spacial score (nSPS) is 15.7. The van der Waals surface area contributed by atoms with Gasteiger partial charge >= 0.3 is 6.18 Å². The topological polar surface area (TPSA) is 66.0 Å². The van der Waals surface area contributed by atoms with Gasteiger partial charge in [0.05, 0.1) is 19.2 Å². The van der Waals surface area contributed by atoms with E-state index in [4.69, 9.17) is 4.74 Å². The number of carbonyl (C=O) groups excluding carboxylic acids is 1. The fraction of sp³-hybridized carbons (Fsp3) is 0.619. The summed E-state index contributed by atoms with van der Waals surface area (Å²) in [7, 11) is 1.33. The Kier molecular flexibility index (Phi) is 9.26. The number of methoxy groups -OCH3 is 1. The molecule has 1 amide bonds. The second kappa shape index (κ2) is 11.7. The maximum absolute atomic E-state index is 13.4. The third kappa shape index (κ3) is 7.42. The van der Waals surface area contributed by atoms with Crippen LogP contribution in [0.4, 0.5) is 13.2 Å². The van der Waals surface area contributed by atoms with Crippen molar-refractivity contribution in [3.8, 4) is 5.75 Å². The smallest absolute Gasteiger partial charge is 0.416 e. The number of likely N-dealkylation sites (tertiary alicyclic amines) is 1. The molecule has 1 saturated heterocycles. The summed E-state index contributed by atoms with van der Waals surface area (Å²) < 4.78 is 45.0. The van der Waals surface area contributed by atoms with Crippen LogP contribution in [0.25, 0.3) is 0 Å². The second-order valence-electron chi connectivity index (χ2n) is 7.19. The zero-order chi connectivity index (χ0) is 22.0. The van der Waals surface area contributed by atoms with E-state index in [1.807, 2.05) is 11.8 Å². The van der Waals surface area contributed by atoms with Gasteiger partial charge in [-0.3, -0.25) is 4.79 Å². The van der Waals surface area contributed by atoms with E-state index in [1.54, 1.807) is 0 Å². The molecule has 0 saturated carbocycles. The van der Waals surface area contributed by atoms with Crippen LogP contribution in [0.1, 0.15) is 50.2 Å². The number of nitrogens with zero attached hydrogens (tertiary/aromatic N) is 2. The molecule has 2 rings (SSSR count). The van der Waals surface area contributed by atoms with Gasteiger partial charge in [0.25, 0.3) is 0 Å². The molecule has 1 fully saturated rings. The number of hydrogen-bond acceptors (Lipinski definition) is 3. The van der Waals surface area contributed by atoms with Crippen molar-refractivity contribution < 1.29 is 22.7 Å². The van der Waals surface area contributed by atoms with Gasteiger partial charge in [0.15, 0.2) is 5.96 Å². The van der Waals surface area contributed by atoms with Crippen LogP contribution in [-0.4, -0.2) is 50.1 Å². The lowest BCUT2D eigenvalue weighted by Crippen LogP contribution is -2.39. The number of benzene rings is 1. The van der Waals surface area contributed by atoms with E-state index in [0.29, 0.717) is 32.0 Å². The number of amides is 1. The summed E-state index contributed by atoms with van der Waals surface area (Å²) in [6.07, 6.45) is -0.0516. The Morgan fingerprint density at radius 2 is 2.03 bits per heavy atom. The lowest BCUT2D eigenvalue weighted by atomic mass is 10.1. The van der Waals surface area contributed by atoms with Crippen LogP contribution in [0.5, 0.6) is 5.75 Å². The molecule has 1 aliphatic rings. The quantitative estimate of drug-likeness (QED) is 0.378. The van der Waals surface area contributed by atoms with E-state index in [2.05, 4.69) is 15.6 Å². The molecular weight excluding hydrogens is 397 g/mol. The number of ether oxygens (including phenoxy) is 1. The number of rotatable bonds is 8. The summed E-state index contributed by atoms with van der Waals surface area (Å²) in [6.45, 7) is 4.41. The van der Waals surface area contributed by atoms with Crippen molar-refractivity contribution in [2.75, 3.05) is 33.3 Å². The van der Waals surface area contributed by atoms with Gasteiger partial charge in [-0.15, -0.1) is 0 Å². The molecular formula is C21H31F3N4O2. The Balaban J connectivity index is 1.95. The minimum Gasteiger partial charge on any atom is -0.497 e. The zero-order valence-corrected chi connectivity index (χ0v) is 17.6. The molecule has 9 heteroatoms. The summed E-state index contributed by atoms with van der Waals surface area (Å²) in [5.74, 6) is 0.805. The van der Waals surface area contributed by atoms with E-state index in [-0.39, 0.29) is 23.8 Å². The maximum atomic E-state index is 13.4. The van der Waals surface area contributed by atoms with Gasteiger partial charge < -0.3 is 20.3 Å². The highest BCUT2D eigenvalue weighted by atomic mass is 19.4. The number of nitrogens with one attached hydrogen (secondary N) is 2. The largest absolute Gasteiger partial charge is 0.497 e. The summed E-state index contributed by atoms with van der Waals surface area (Å²) >= 11 is 0. The average molecular weight is 428 g/mol. The highest BCUT2D eigenvalue weighted by Gasteiger charge is 2.33. The number of aliphatic imine (C=N–C) groups is 1. The van der Waals surface area contributed by atoms with Crippen molar-refractivity contribution in [1.29, 1.82) is 0 Å². The van der Waals surface area contributed by atoms with Gasteiger partial charge in [-0.1, -0.05) is 12.5 Å². The van der Waals surface area contributed by atoms with Crippen molar-refractivity contribution in [2.24, 2.45) is 4.99 Å². The van der Waals surface area contributed by atoms with E-state index in [0.717, 1.165) is 38.3 Å². The Hall–Kier alpha value is -2.45. The number of hydrogen-bond donors (Lipinski definition) is 2. The van der Waals surface area contributed by atoms with Crippen LogP contribution in [0.15, 0.2) is 23.2 Å². The maximum Gasteiger partial charge on any atom is 0.416 e. The molecule has 1 aromatic rings. The molecule has 0 bridgehead atoms. The van der Waals surface area contributed by atoms with Crippen molar-refractivity contribution in [1.82, 2.24) is 15.5 Å². The van der Waals surface area contributed by atoms with Crippen molar-refractivity contribution >= 4 is 11.9 Å². The van der Waals surface area contributed by atoms with Crippen LogP contribution in [0, 0.1) is 0 Å². The molecule has 0 unspecified atom stereocenters. The van der Waals surface area contributed by atoms with Gasteiger partial charge in [0, 0.05) is 32.6 Å². The Labute approximate surface area is 175 Å². The van der Waals surface area contributed by atoms with Gasteiger partial charge in [0.1, 0.15) is 5.75 Å². The van der Waals surface area contributed by atoms with Crippen LogP contribution in [0.2, 0.25) is 0 Å². The Morgan fingerprint density at radius 3 is 2.73 bits per heavy atom. The molecule has 2 N–H and O–H groups in total. The molecule has 0 aromatic heterocycles. The van der Waals surface area contributed by atoms with Crippen LogP contribution in [-0.2, 0) is 17.5 Å². The van der Waals surface area contributed by atoms with Crippen LogP contribution >= 0.6 is 0 Å². The van der Waals surface area contributed by atoms with E-state index < -0.39 is 11.7 Å². The summed E-state index contributed by atoms with van der Waals surface area (Å²) in [6, 6.07) is 3.88. The second-order valence-corrected chi connectivity index (χ2v) is 7.19. The van der Waals surface area contributed by atoms with Gasteiger partial charge in [-0.25, -0.2) is 4.99 Å². The first-order valence-corrected chi connectivity index (χ1v) is 10.4. The monoisotopic (exact) mass is 428 g/mol. The molecule has 168 valence electrons. The lowest BCUT2D eigenvalue weighted by molar-refractivity contribution is -0.138. The average Bonchev–Trinajstić information content (AvgIpc) is 2.92. The highest BCUT2D eigenvalue weighted by molar-refractivity contribution is 5.79. The number of guanidine groups is 1. The molecule has 0 radical (unpaired) electrons. The van der Waals surface area contributed by atoms with Crippen molar-refractivity contribution in [2.45, 2.75) is 51.7 Å². The minimum atomic E-state index is -4.48. The first kappa shape index (κ1) is 23.8. The molecule has 0 spiro atoms. The van der Waals surface area contributed by atoms with E-state index in [9.17, 15) is 18.0 Å². The molecule has 0 aliphatic carbocycles. The van der Waals surface area contributed by atoms with Crippen LogP contribution < -0.4 is 15.4 Å². The fourth-order valence-corrected chi connectivity index (χ4v) is 3.34. The Bertz CT molecular complexity index is 723. The van der Waals surface area contributed by atoms with Gasteiger partial charge in [-0.05, 0) is 43.9 Å². The molecule has 1 heterocycles. The third-order valence-electron chi connectivity index (χ3n) is 4.94. The van der Waals surface area contributed by atoms with E-state index in [1.165, 1.54) is 19.2 Å². The molecule has 30 heavy (non-hydrogen) atoms. The first-order valence-electron chi connectivity index (χ1n) is 10.4. The van der Waals surface area contributed by atoms with Crippen molar-refractivity contribution in [3.05, 3.63) is 29.3 Å². The standard InChI is InChI=1S/C21H31F3N4O2/c1-3-25-20(26-11-7-13-28-12-6-4-5-8-19(28)29)27-15-16-9-10-17(30-2)14-18(16)21(22,23)24/h9-10,14H,3-8,11-13,15H2,1-2H3,(H2,25,26,27). The summed E-state index contributed by atoms with van der Waals surface area (Å²) in [5.41, 5.74) is -0.670. The third-order valence-corrected chi connectivity index (χ3v) is 4.94. The summed E-state index contributed by atoms with van der Waals surface area (Å²) in [4.78, 5) is 18.2. The number of carbonyl (C=O) groups is 1. The minimum absolute atomic E-state index is 0.0793. The molecule has 6 nitrogen and oxygen atoms in total. The lowest BCUT2D eigenvalue weighted by Gasteiger charge is -2.21. The predicted octanol–water partition coefficient (Wildman–Crippen LogP) is 3.56. The first-order chi connectivity index (χ1) is 14.3. The predicted molar refractivity (Wildman–Crippen MR) is 110 cm³/mol. The molecule has 1 aliphatic heterocycles. The van der Waals surface area contributed by atoms with Crippen LogP contribution in [0.3, 0.4) is 0 Å². The molecule has 0 atom stereocenters. The number of alkyl halides is 3. The van der Waals surface area contributed by atoms with E-state index >= 15 is 0 Å². The Morgan fingerprint density at radius 1 is 1.23 bits per heavy atom. The molecule has 1 aromatic carbocycles. The number of halogens is 3. The SMILES string of the molecule is CCNC(=NCc1ccc(OC)cc1C(F)(F)F)NCCCN1CCCCCC1=O. The van der Waals surface area contributed by atoms with Crippen molar-refractivity contribution in [3.63, 3.8) is 0 Å². The summed E-state index contributed by atoms with van der Waals surface area (Å²) in [5, 5.41) is 6.18. The van der Waals surface area contributed by atoms with Gasteiger partial charge in [-0.2, -0.15) is 13.2 Å². The van der Waals surface area contributed by atoms with Gasteiger partial charge in [0.2, 0.25) is 5.91 Å². The highest BCUT2D eigenvalue weighted by Crippen LogP contribution is 2.34. The zero-order valence-electron chi connectivity index (χ0n) is 17.6. The fourth-order valence-electron chi connectivity index (χ4n) is 3.34.